The second kappa shape index (κ2) is 15.5. The van der Waals surface area contributed by atoms with Gasteiger partial charge in [-0.1, -0.05) is 36.4 Å². The van der Waals surface area contributed by atoms with Crippen LogP contribution < -0.4 is 32.5 Å². The van der Waals surface area contributed by atoms with Crippen LogP contribution in [-0.2, 0) is 0 Å². The number of halogens is 1. The Hall–Kier alpha value is -6.84. The molecule has 0 saturated heterocycles. The number of aromatic nitrogens is 2. The molecule has 63 heavy (non-hydrogen) atoms. The third-order valence-electron chi connectivity index (χ3n) is 12.9. The van der Waals surface area contributed by atoms with E-state index in [0.717, 1.165) is 34.8 Å². The average Bonchev–Trinajstić information content (AvgIpc) is 3.84. The molecule has 5 nitrogen and oxygen atoms in total. The molecule has 2 unspecified atom stereocenters. The van der Waals surface area contributed by atoms with Crippen molar-refractivity contribution in [3.8, 4) is 11.4 Å². The molecule has 0 amide bonds. The maximum atomic E-state index is 7.03. The molecular weight excluding hydrogens is 882 g/mol. The van der Waals surface area contributed by atoms with Crippen LogP contribution in [0.5, 0.6) is 0 Å². The second-order valence-electron chi connectivity index (χ2n) is 16.8. The average molecular weight is 926 g/mol. The molecule has 0 saturated carbocycles. The summed E-state index contributed by atoms with van der Waals surface area (Å²) in [7, 11) is 0. The number of amidine groups is 1. The molecule has 0 bridgehead atoms. The molecule has 2 aromatic heterocycles. The molecule has 0 radical (unpaired) electrons. The summed E-state index contributed by atoms with van der Waals surface area (Å²) in [6.45, 7) is 2.26. The molecule has 4 N–H and O–H groups in total. The first-order valence-electron chi connectivity index (χ1n) is 21.7. The van der Waals surface area contributed by atoms with E-state index in [1.165, 1.54) is 79.5 Å². The van der Waals surface area contributed by atoms with E-state index in [-0.39, 0.29) is 6.17 Å². The van der Waals surface area contributed by atoms with Crippen LogP contribution in [0, 0.1) is 9.49 Å². The predicted molar refractivity (Wildman–Crippen MR) is 260 cm³/mol. The molecule has 0 spiro atoms. The number of hydrogen-bond acceptors (Lipinski definition) is 2. The van der Waals surface area contributed by atoms with Gasteiger partial charge >= 0.3 is 319 Å². The molecule has 11 aromatic rings. The molecule has 1 aliphatic carbocycles. The van der Waals surface area contributed by atoms with E-state index in [2.05, 4.69) is 222 Å². The predicted octanol–water partition coefficient (Wildman–Crippen LogP) is 9.66. The fourth-order valence-electron chi connectivity index (χ4n) is 9.68. The van der Waals surface area contributed by atoms with Crippen LogP contribution in [0.15, 0.2) is 209 Å². The zero-order valence-corrected chi connectivity index (χ0v) is 36.9. The Labute approximate surface area is 376 Å². The first-order chi connectivity index (χ1) is 31.0. The van der Waals surface area contributed by atoms with Crippen LogP contribution in [0.4, 0.5) is 0 Å². The number of quaternary nitrogens is 1. The summed E-state index contributed by atoms with van der Waals surface area (Å²) in [6.07, 6.45) is 7.55. The van der Waals surface area contributed by atoms with Crippen LogP contribution in [0.3, 0.4) is 0 Å². The third-order valence-corrected chi connectivity index (χ3v) is 14.8. The number of allylic oxidation sites excluding steroid dienone is 2. The van der Waals surface area contributed by atoms with Gasteiger partial charge in [-0.3, -0.25) is 0 Å². The van der Waals surface area contributed by atoms with E-state index < -0.39 is 21.5 Å². The van der Waals surface area contributed by atoms with Crippen molar-refractivity contribution in [2.75, 3.05) is 0 Å². The third kappa shape index (κ3) is 6.65. The number of benzene rings is 9. The molecule has 0 fully saturated rings. The zero-order chi connectivity index (χ0) is 42.0. The molecule has 2 heterocycles. The Kier molecular flexibility index (Phi) is 9.32. The second-order valence-corrected chi connectivity index (χ2v) is 19.1. The van der Waals surface area contributed by atoms with Crippen LogP contribution >= 0.6 is 0 Å². The number of para-hydroxylation sites is 3. The van der Waals surface area contributed by atoms with Crippen molar-refractivity contribution >= 4 is 81.8 Å². The van der Waals surface area contributed by atoms with Gasteiger partial charge in [-0.2, -0.15) is 0 Å². The van der Waals surface area contributed by atoms with Crippen LogP contribution in [-0.4, -0.2) is 15.0 Å². The fourth-order valence-corrected chi connectivity index (χ4v) is 11.5. The summed E-state index contributed by atoms with van der Waals surface area (Å²) in [4.78, 5) is 0. The van der Waals surface area contributed by atoms with Crippen molar-refractivity contribution in [1.82, 2.24) is 9.13 Å². The van der Waals surface area contributed by atoms with Gasteiger partial charge in [0, 0.05) is 10.8 Å². The van der Waals surface area contributed by atoms with Gasteiger partial charge < -0.3 is 0 Å². The summed E-state index contributed by atoms with van der Waals surface area (Å²) in [5.41, 5.74) is 16.4. The molecule has 1 aliphatic rings. The molecule has 12 rings (SSSR count). The maximum absolute atomic E-state index is 7.03. The standard InChI is InChI=1S/C57H43IN5/c1-36-21-23-38(24-22-36)57(60-56(59)41-28-30-47-40(31-41)26-25-37-11-2-3-14-46(37)47)61-58-43-12-10-13-44(35-43)63-54-20-9-6-17-50(54)51-33-42-32-45(29-27-39(42)34-55(51)63)62-52-18-7-4-15-48(52)49-16-5-8-19-53(49)62/h2-21,23-36,56H,22,59H2,1H3,(H,60,61)/q-1/p+1. The van der Waals surface area contributed by atoms with Gasteiger partial charge in [-0.25, -0.2) is 0 Å². The molecule has 2 atom stereocenters. The SMILES string of the molecule is CC1C=CC(C(=N[I-]c2cccc(-n3c4ccccc4c4cc5cc(-n6c7ccccc7c7ccccc76)ccc5cc43)c2)[NH2+]C(N)c2ccc3c(ccc4ccccc43)c2)=CC1. The van der Waals surface area contributed by atoms with Crippen molar-refractivity contribution in [2.24, 2.45) is 14.9 Å². The molecule has 6 heteroatoms. The Balaban J connectivity index is 0.901. The topological polar surface area (TPSA) is 64.8 Å². The first-order valence-corrected chi connectivity index (χ1v) is 23.8. The number of nitrogens with zero attached hydrogens (tertiary/aromatic N) is 3. The van der Waals surface area contributed by atoms with E-state index >= 15 is 0 Å². The molecule has 0 aliphatic heterocycles. The van der Waals surface area contributed by atoms with Crippen LogP contribution in [0.1, 0.15) is 25.1 Å². The minimum absolute atomic E-state index is 0.297. The Morgan fingerprint density at radius 3 is 1.94 bits per heavy atom. The van der Waals surface area contributed by atoms with Gasteiger partial charge in [-0.15, -0.1) is 0 Å². The van der Waals surface area contributed by atoms with E-state index in [0.29, 0.717) is 5.92 Å². The first kappa shape index (κ1) is 37.9. The van der Waals surface area contributed by atoms with Crippen molar-refractivity contribution in [3.05, 3.63) is 215 Å². The van der Waals surface area contributed by atoms with Gasteiger partial charge in [0.1, 0.15) is 0 Å². The Bertz CT molecular complexity index is 3660. The molecular formula is C57H44IN5. The Morgan fingerprint density at radius 1 is 0.556 bits per heavy atom. The van der Waals surface area contributed by atoms with Crippen molar-refractivity contribution in [2.45, 2.75) is 19.5 Å². The summed E-state index contributed by atoms with van der Waals surface area (Å²) >= 11 is -0.752. The van der Waals surface area contributed by atoms with Gasteiger partial charge in [-0.05, 0) is 12.1 Å². The number of hydrogen-bond donors (Lipinski definition) is 2. The monoisotopic (exact) mass is 925 g/mol. The van der Waals surface area contributed by atoms with Crippen LogP contribution in [0.2, 0.25) is 0 Å². The zero-order valence-electron chi connectivity index (χ0n) is 34.8. The van der Waals surface area contributed by atoms with E-state index in [1.807, 2.05) is 0 Å². The number of fused-ring (bicyclic) bond motifs is 10. The fraction of sp³-hybridized carbons (Fsp3) is 0.0702. The summed E-state index contributed by atoms with van der Waals surface area (Å²) in [6, 6.07) is 66.5. The Morgan fingerprint density at radius 2 is 1.19 bits per heavy atom. The van der Waals surface area contributed by atoms with Gasteiger partial charge in [0.05, 0.1) is 0 Å². The van der Waals surface area contributed by atoms with E-state index in [9.17, 15) is 0 Å². The quantitative estimate of drug-likeness (QED) is 0.0541. The van der Waals surface area contributed by atoms with Crippen molar-refractivity contribution in [3.63, 3.8) is 0 Å². The number of rotatable bonds is 7. The van der Waals surface area contributed by atoms with Crippen LogP contribution in [0.25, 0.3) is 87.3 Å². The van der Waals surface area contributed by atoms with Crippen molar-refractivity contribution < 1.29 is 26.8 Å². The minimum atomic E-state index is -0.752. The normalized spacial score (nSPS) is 15.2. The number of nitrogens with two attached hydrogens (primary N) is 2. The van der Waals surface area contributed by atoms with Gasteiger partial charge in [0.15, 0.2) is 0 Å². The summed E-state index contributed by atoms with van der Waals surface area (Å²) in [5, 5.41) is 14.6. The molecule has 9 aromatic carbocycles. The van der Waals surface area contributed by atoms with Gasteiger partial charge in [0.2, 0.25) is 0 Å². The molecule has 304 valence electrons. The summed E-state index contributed by atoms with van der Waals surface area (Å²) in [5.74, 6) is 1.49. The van der Waals surface area contributed by atoms with E-state index in [1.54, 1.807) is 0 Å². The summed E-state index contributed by atoms with van der Waals surface area (Å²) < 4.78 is 11.5. The van der Waals surface area contributed by atoms with E-state index in [4.69, 9.17) is 8.94 Å². The van der Waals surface area contributed by atoms with Gasteiger partial charge in [0.25, 0.3) is 0 Å². The van der Waals surface area contributed by atoms with Crippen molar-refractivity contribution in [1.29, 1.82) is 0 Å².